The van der Waals surface area contributed by atoms with Crippen LogP contribution >= 0.6 is 23.2 Å². The lowest BCUT2D eigenvalue weighted by molar-refractivity contribution is -0.145. The molecular formula is C41H44Cl2N4O6. The van der Waals surface area contributed by atoms with Crippen LogP contribution in [0.3, 0.4) is 0 Å². The van der Waals surface area contributed by atoms with Crippen LogP contribution in [0, 0.1) is 11.3 Å². The number of piperidine rings is 1. The third-order valence-electron chi connectivity index (χ3n) is 9.95. The average Bonchev–Trinajstić information content (AvgIpc) is 3.59. The molecule has 1 fully saturated rings. The van der Waals surface area contributed by atoms with E-state index in [-0.39, 0.29) is 19.3 Å². The van der Waals surface area contributed by atoms with Gasteiger partial charge in [-0.05, 0) is 87.0 Å². The van der Waals surface area contributed by atoms with Gasteiger partial charge >= 0.3 is 5.97 Å². The Bertz CT molecular complexity index is 1960. The molecule has 1 saturated heterocycles. The van der Waals surface area contributed by atoms with E-state index in [1.165, 1.54) is 45.5 Å². The first-order valence-corrected chi connectivity index (χ1v) is 18.8. The van der Waals surface area contributed by atoms with Gasteiger partial charge in [-0.15, -0.1) is 0 Å². The molecule has 0 spiro atoms. The van der Waals surface area contributed by atoms with E-state index in [4.69, 9.17) is 37.4 Å². The number of halogens is 2. The molecule has 1 aliphatic heterocycles. The summed E-state index contributed by atoms with van der Waals surface area (Å²) in [7, 11) is 0. The number of carbonyl (C=O) groups is 1. The number of rotatable bonds is 16. The third-order valence-corrected chi connectivity index (χ3v) is 10.6. The van der Waals surface area contributed by atoms with Gasteiger partial charge in [0.15, 0.2) is 0 Å². The molecule has 53 heavy (non-hydrogen) atoms. The molecule has 6 rings (SSSR count). The summed E-state index contributed by atoms with van der Waals surface area (Å²) in [5.74, 6) is 0.281. The van der Waals surface area contributed by atoms with Gasteiger partial charge in [0.25, 0.3) is 0 Å². The molecule has 2 atom stereocenters. The lowest BCUT2D eigenvalue weighted by Gasteiger charge is -2.26. The van der Waals surface area contributed by atoms with Gasteiger partial charge in [-0.25, -0.2) is 0 Å². The van der Waals surface area contributed by atoms with E-state index in [9.17, 15) is 20.3 Å². The fourth-order valence-corrected chi connectivity index (χ4v) is 7.36. The van der Waals surface area contributed by atoms with Crippen LogP contribution in [0.5, 0.6) is 17.2 Å². The second-order valence-corrected chi connectivity index (χ2v) is 14.5. The summed E-state index contributed by atoms with van der Waals surface area (Å²) in [5.41, 5.74) is 4.18. The number of fused-ring (bicyclic) bond motifs is 1. The number of aliphatic hydroxyl groups excluding tert-OH is 1. The van der Waals surface area contributed by atoms with Gasteiger partial charge in [-0.3, -0.25) is 15.1 Å². The minimum atomic E-state index is -1.59. The SMILES string of the molecule is C[C@@](CO)(NCc1cc(Cl)c(O[C@H]2CCc3c(-c4cccc(OCCCN5CCCCC5)c4Cl)cccc32)cc1OCc1cncc(C#N)c1)C(=O)O. The van der Waals surface area contributed by atoms with E-state index in [1.807, 2.05) is 24.3 Å². The number of ether oxygens (including phenoxy) is 3. The van der Waals surface area contributed by atoms with E-state index in [0.29, 0.717) is 57.0 Å². The Kier molecular flexibility index (Phi) is 12.8. The smallest absolute Gasteiger partial charge is 0.326 e. The van der Waals surface area contributed by atoms with Gasteiger partial charge in [0, 0.05) is 48.2 Å². The molecule has 3 N–H and O–H groups in total. The van der Waals surface area contributed by atoms with Crippen molar-refractivity contribution in [1.29, 1.82) is 5.26 Å². The van der Waals surface area contributed by atoms with Gasteiger partial charge in [-0.2, -0.15) is 5.26 Å². The lowest BCUT2D eigenvalue weighted by atomic mass is 9.96. The van der Waals surface area contributed by atoms with Crippen molar-refractivity contribution >= 4 is 29.2 Å². The molecule has 4 aromatic rings. The highest BCUT2D eigenvalue weighted by atomic mass is 35.5. The van der Waals surface area contributed by atoms with Crippen LogP contribution in [0.15, 0.2) is 67.0 Å². The van der Waals surface area contributed by atoms with Gasteiger partial charge < -0.3 is 29.3 Å². The molecule has 0 unspecified atom stereocenters. The topological polar surface area (TPSA) is 137 Å². The van der Waals surface area contributed by atoms with E-state index < -0.39 is 18.1 Å². The lowest BCUT2D eigenvalue weighted by Crippen LogP contribution is -2.52. The number of nitrogens with zero attached hydrogens (tertiary/aromatic N) is 3. The maximum absolute atomic E-state index is 11.8. The minimum absolute atomic E-state index is 0.0345. The first-order chi connectivity index (χ1) is 25.7. The standard InChI is InChI=1S/C41H44Cl2N4O6/c1-41(26-48,40(49)50)46-24-29-19-34(42)38(20-37(29)52-25-28-18-27(21-44)22-45-23-28)53-35-13-12-31-30(8-5-9-32(31)35)33-10-6-11-36(39(33)43)51-17-7-16-47-14-3-2-4-15-47/h5-6,8-11,18-20,22-23,35,46,48H,2-4,7,12-17,24-26H2,1H3,(H,49,50)/t35-,41-/m0/s1. The zero-order valence-corrected chi connectivity index (χ0v) is 31.3. The minimum Gasteiger partial charge on any atom is -0.492 e. The monoisotopic (exact) mass is 758 g/mol. The van der Waals surface area contributed by atoms with Crippen LogP contribution in [0.2, 0.25) is 10.0 Å². The Morgan fingerprint density at radius 2 is 1.83 bits per heavy atom. The maximum atomic E-state index is 11.8. The zero-order chi connectivity index (χ0) is 37.4. The second kappa shape index (κ2) is 17.6. The highest BCUT2D eigenvalue weighted by Crippen LogP contribution is 2.45. The molecule has 1 aromatic heterocycles. The highest BCUT2D eigenvalue weighted by Gasteiger charge is 2.33. The fourth-order valence-electron chi connectivity index (χ4n) is 6.84. The third kappa shape index (κ3) is 9.23. The quantitative estimate of drug-likeness (QED) is 0.0973. The molecule has 12 heteroatoms. The molecule has 2 aliphatic rings. The molecule has 0 radical (unpaired) electrons. The van der Waals surface area contributed by atoms with E-state index >= 15 is 0 Å². The predicted octanol–water partition coefficient (Wildman–Crippen LogP) is 7.75. The summed E-state index contributed by atoms with van der Waals surface area (Å²) in [6, 6.07) is 19.2. The number of benzene rings is 3. The molecule has 0 amide bonds. The van der Waals surface area contributed by atoms with Crippen molar-refractivity contribution in [3.05, 3.63) is 105 Å². The number of aliphatic hydroxyl groups is 1. The van der Waals surface area contributed by atoms with Crippen LogP contribution in [0.4, 0.5) is 0 Å². The molecule has 10 nitrogen and oxygen atoms in total. The summed E-state index contributed by atoms with van der Waals surface area (Å²) < 4.78 is 19.0. The number of carboxylic acids is 1. The summed E-state index contributed by atoms with van der Waals surface area (Å²) in [6.45, 7) is 4.87. The number of hydrogen-bond acceptors (Lipinski definition) is 9. The number of carboxylic acid groups (broad SMARTS) is 1. The number of aliphatic carboxylic acids is 1. The van der Waals surface area contributed by atoms with E-state index in [1.54, 1.807) is 24.4 Å². The van der Waals surface area contributed by atoms with Gasteiger partial charge in [0.05, 0.1) is 28.8 Å². The van der Waals surface area contributed by atoms with Crippen LogP contribution in [-0.2, 0) is 24.4 Å². The predicted molar refractivity (Wildman–Crippen MR) is 204 cm³/mol. The number of likely N-dealkylation sites (tertiary alicyclic amines) is 1. The normalized spacial score (nSPS) is 16.7. The zero-order valence-electron chi connectivity index (χ0n) is 29.7. The summed E-state index contributed by atoms with van der Waals surface area (Å²) in [6.07, 6.45) is 9.08. The number of aromatic nitrogens is 1. The first-order valence-electron chi connectivity index (χ1n) is 18.0. The van der Waals surface area contributed by atoms with Crippen LogP contribution < -0.4 is 19.5 Å². The van der Waals surface area contributed by atoms with Crippen molar-refractivity contribution in [3.8, 4) is 34.4 Å². The molecule has 278 valence electrons. The Labute approximate surface area is 320 Å². The number of pyridine rings is 1. The van der Waals surface area contributed by atoms with Crippen molar-refractivity contribution in [2.75, 3.05) is 32.8 Å². The van der Waals surface area contributed by atoms with Crippen molar-refractivity contribution in [1.82, 2.24) is 15.2 Å². The van der Waals surface area contributed by atoms with Crippen LogP contribution in [-0.4, -0.2) is 64.5 Å². The number of hydrogen-bond donors (Lipinski definition) is 3. The van der Waals surface area contributed by atoms with Crippen molar-refractivity contribution in [3.63, 3.8) is 0 Å². The Balaban J connectivity index is 1.21. The van der Waals surface area contributed by atoms with Crippen molar-refractivity contribution < 1.29 is 29.2 Å². The Morgan fingerprint density at radius 1 is 1.04 bits per heavy atom. The molecular weight excluding hydrogens is 715 g/mol. The summed E-state index contributed by atoms with van der Waals surface area (Å²) in [4.78, 5) is 18.5. The largest absolute Gasteiger partial charge is 0.492 e. The second-order valence-electron chi connectivity index (χ2n) is 13.8. The molecule has 3 aromatic carbocycles. The Morgan fingerprint density at radius 3 is 2.60 bits per heavy atom. The number of nitriles is 1. The molecule has 1 aliphatic carbocycles. The van der Waals surface area contributed by atoms with Crippen LogP contribution in [0.1, 0.15) is 72.9 Å². The van der Waals surface area contributed by atoms with Crippen LogP contribution in [0.25, 0.3) is 11.1 Å². The fraction of sp³-hybridized carbons (Fsp3) is 0.390. The van der Waals surface area contributed by atoms with Gasteiger partial charge in [0.1, 0.15) is 41.6 Å². The highest BCUT2D eigenvalue weighted by molar-refractivity contribution is 6.35. The summed E-state index contributed by atoms with van der Waals surface area (Å²) in [5, 5.41) is 32.6. The summed E-state index contributed by atoms with van der Waals surface area (Å²) >= 11 is 13.8. The van der Waals surface area contributed by atoms with Gasteiger partial charge in [-0.1, -0.05) is 60.0 Å². The van der Waals surface area contributed by atoms with E-state index in [2.05, 4.69) is 33.4 Å². The first kappa shape index (κ1) is 38.4. The van der Waals surface area contributed by atoms with Crippen molar-refractivity contribution in [2.24, 2.45) is 0 Å². The number of nitrogens with one attached hydrogen (secondary N) is 1. The molecule has 0 saturated carbocycles. The van der Waals surface area contributed by atoms with E-state index in [0.717, 1.165) is 41.6 Å². The Hall–Kier alpha value is -4.37. The van der Waals surface area contributed by atoms with Crippen molar-refractivity contribution in [2.45, 2.75) is 70.2 Å². The molecule has 2 heterocycles. The average molecular weight is 760 g/mol. The van der Waals surface area contributed by atoms with Gasteiger partial charge in [0.2, 0.25) is 0 Å². The maximum Gasteiger partial charge on any atom is 0.326 e. The molecule has 0 bridgehead atoms.